The quantitative estimate of drug-likeness (QED) is 0.464. The highest BCUT2D eigenvalue weighted by Crippen LogP contribution is 2.35. The molecule has 33 heavy (non-hydrogen) atoms. The number of ether oxygens (including phenoxy) is 2. The summed E-state index contributed by atoms with van der Waals surface area (Å²) in [4.78, 5) is 41.9. The van der Waals surface area contributed by atoms with Gasteiger partial charge in [0.15, 0.2) is 5.82 Å². The van der Waals surface area contributed by atoms with E-state index in [2.05, 4.69) is 15.2 Å². The molecular formula is C22H22FN3O6S. The van der Waals surface area contributed by atoms with Gasteiger partial charge in [0.1, 0.15) is 11.9 Å². The van der Waals surface area contributed by atoms with Gasteiger partial charge in [-0.2, -0.15) is 0 Å². The first-order valence-corrected chi connectivity index (χ1v) is 11.2. The van der Waals surface area contributed by atoms with Gasteiger partial charge >= 0.3 is 18.0 Å². The van der Waals surface area contributed by atoms with Crippen molar-refractivity contribution in [2.24, 2.45) is 11.8 Å². The number of thiazole rings is 1. The molecule has 0 spiro atoms. The van der Waals surface area contributed by atoms with Crippen LogP contribution in [0.25, 0.3) is 10.4 Å². The third-order valence-electron chi connectivity index (χ3n) is 5.74. The lowest BCUT2D eigenvalue weighted by atomic mass is 9.77. The number of amides is 1. The summed E-state index contributed by atoms with van der Waals surface area (Å²) < 4.78 is 24.1. The van der Waals surface area contributed by atoms with E-state index in [9.17, 15) is 18.8 Å². The highest BCUT2D eigenvalue weighted by atomic mass is 32.1. The van der Waals surface area contributed by atoms with E-state index in [0.29, 0.717) is 23.8 Å². The molecule has 3 aliphatic heterocycles. The highest BCUT2D eigenvalue weighted by molar-refractivity contribution is 7.13. The molecule has 1 aromatic carbocycles. The minimum absolute atomic E-state index is 0.0130. The number of hydrogen-bond acceptors (Lipinski definition) is 8. The van der Waals surface area contributed by atoms with E-state index in [0.717, 1.165) is 30.7 Å². The van der Waals surface area contributed by atoms with E-state index in [1.807, 2.05) is 0 Å². The summed E-state index contributed by atoms with van der Waals surface area (Å²) in [7, 11) is 0. The van der Waals surface area contributed by atoms with Crippen LogP contribution in [0.2, 0.25) is 0 Å². The Kier molecular flexibility index (Phi) is 6.99. The summed E-state index contributed by atoms with van der Waals surface area (Å²) in [6, 6.07) is 5.90. The average molecular weight is 475 g/mol. The van der Waals surface area contributed by atoms with E-state index in [1.165, 1.54) is 23.5 Å². The average Bonchev–Trinajstić information content (AvgIpc) is 3.25. The Balaban J connectivity index is 1.32. The largest absolute Gasteiger partial charge is 0.478 e. The van der Waals surface area contributed by atoms with Gasteiger partial charge in [-0.3, -0.25) is 10.2 Å². The fourth-order valence-electron chi connectivity index (χ4n) is 4.26. The van der Waals surface area contributed by atoms with E-state index in [1.54, 1.807) is 17.6 Å². The number of benzene rings is 1. The molecule has 0 aliphatic carbocycles. The van der Waals surface area contributed by atoms with Crippen LogP contribution in [0.4, 0.5) is 15.0 Å². The number of carbonyl (C=O) groups excluding carboxylic acids is 2. The van der Waals surface area contributed by atoms with Crippen LogP contribution in [-0.2, 0) is 19.1 Å². The molecule has 2 aromatic rings. The number of esters is 1. The Morgan fingerprint density at radius 2 is 2.03 bits per heavy atom. The van der Waals surface area contributed by atoms with Gasteiger partial charge in [-0.05, 0) is 30.7 Å². The molecule has 3 saturated heterocycles. The lowest BCUT2D eigenvalue weighted by Crippen LogP contribution is -2.57. The van der Waals surface area contributed by atoms with Crippen molar-refractivity contribution in [2.75, 3.05) is 31.6 Å². The molecule has 11 heteroatoms. The lowest BCUT2D eigenvalue weighted by Gasteiger charge is -2.48. The number of piperidine rings is 3. The Morgan fingerprint density at radius 3 is 2.76 bits per heavy atom. The number of nitrogens with one attached hydrogen (secondary N) is 1. The maximum absolute atomic E-state index is 13.2. The van der Waals surface area contributed by atoms with Gasteiger partial charge < -0.3 is 14.6 Å². The fraction of sp³-hybridized carbons (Fsp3) is 0.364. The Morgan fingerprint density at radius 1 is 1.24 bits per heavy atom. The van der Waals surface area contributed by atoms with Crippen molar-refractivity contribution in [3.63, 3.8) is 0 Å². The van der Waals surface area contributed by atoms with Crippen LogP contribution in [0.5, 0.6) is 0 Å². The van der Waals surface area contributed by atoms with Crippen molar-refractivity contribution in [1.29, 1.82) is 0 Å². The normalized spacial score (nSPS) is 23.9. The second kappa shape index (κ2) is 10.1. The number of carboxylic acids is 1. The van der Waals surface area contributed by atoms with Gasteiger partial charge in [0, 0.05) is 37.1 Å². The molecule has 3 fully saturated rings. The topological polar surface area (TPSA) is 118 Å². The van der Waals surface area contributed by atoms with Crippen LogP contribution in [0.1, 0.15) is 6.42 Å². The van der Waals surface area contributed by atoms with Crippen LogP contribution in [0, 0.1) is 17.7 Å². The summed E-state index contributed by atoms with van der Waals surface area (Å²) in [5.74, 6) is -1.95. The van der Waals surface area contributed by atoms with E-state index in [-0.39, 0.29) is 24.3 Å². The number of nitrogens with zero attached hydrogens (tertiary/aromatic N) is 2. The molecule has 4 heterocycles. The molecule has 4 atom stereocenters. The monoisotopic (exact) mass is 475 g/mol. The highest BCUT2D eigenvalue weighted by Gasteiger charge is 2.43. The van der Waals surface area contributed by atoms with Crippen molar-refractivity contribution < 1.29 is 33.4 Å². The third kappa shape index (κ3) is 5.74. The number of anilines is 1. The molecule has 2 bridgehead atoms. The molecular weight excluding hydrogens is 453 g/mol. The van der Waals surface area contributed by atoms with Crippen LogP contribution < -0.4 is 5.32 Å². The zero-order valence-corrected chi connectivity index (χ0v) is 18.3. The second-order valence-electron chi connectivity index (χ2n) is 7.88. The number of carboxylic acid groups (broad SMARTS) is 1. The molecule has 3 aliphatic rings. The molecule has 4 unspecified atom stereocenters. The molecule has 174 valence electrons. The first-order chi connectivity index (χ1) is 15.9. The lowest BCUT2D eigenvalue weighted by molar-refractivity contribution is -0.158. The zero-order valence-electron chi connectivity index (χ0n) is 17.5. The minimum atomic E-state index is -1.22. The van der Waals surface area contributed by atoms with Crippen LogP contribution in [0.3, 0.4) is 0 Å². The Hall–Kier alpha value is -3.31. The summed E-state index contributed by atoms with van der Waals surface area (Å²) >= 11 is 1.32. The van der Waals surface area contributed by atoms with Crippen molar-refractivity contribution >= 4 is 35.2 Å². The number of rotatable bonds is 7. The van der Waals surface area contributed by atoms with E-state index >= 15 is 0 Å². The standard InChI is InChI=1S/C22H22FN3O6S/c23-15-3-1-13(2-4-15)20-21(24-12-33-20)25-22(30)31-11-14-9-26-8-7-16(14)17(10-26)32-19(29)6-5-18(27)28/h1-6,12,14,16-17H,7-11H2,(H,25,30)(H,27,28)/b6-5+. The molecule has 1 amide bonds. The Labute approximate surface area is 192 Å². The van der Waals surface area contributed by atoms with Crippen molar-refractivity contribution in [3.05, 3.63) is 47.7 Å². The van der Waals surface area contributed by atoms with Crippen molar-refractivity contribution in [2.45, 2.75) is 12.5 Å². The maximum atomic E-state index is 13.2. The van der Waals surface area contributed by atoms with Crippen LogP contribution in [0.15, 0.2) is 41.9 Å². The van der Waals surface area contributed by atoms with Gasteiger partial charge in [0.25, 0.3) is 0 Å². The number of halogens is 1. The predicted octanol–water partition coefficient (Wildman–Crippen LogP) is 3.00. The fourth-order valence-corrected chi connectivity index (χ4v) is 5.01. The Bertz CT molecular complexity index is 1060. The van der Waals surface area contributed by atoms with Crippen LogP contribution in [-0.4, -0.2) is 65.4 Å². The van der Waals surface area contributed by atoms with Gasteiger partial charge in [0.05, 0.1) is 17.0 Å². The summed E-state index contributed by atoms with van der Waals surface area (Å²) in [6.45, 7) is 2.29. The summed E-state index contributed by atoms with van der Waals surface area (Å²) in [5.41, 5.74) is 2.31. The van der Waals surface area contributed by atoms with Crippen LogP contribution >= 0.6 is 11.3 Å². The van der Waals surface area contributed by atoms with Gasteiger partial charge in [-0.25, -0.2) is 23.8 Å². The van der Waals surface area contributed by atoms with E-state index < -0.39 is 24.1 Å². The summed E-state index contributed by atoms with van der Waals surface area (Å²) in [6.07, 6.45) is 1.38. The van der Waals surface area contributed by atoms with Crippen molar-refractivity contribution in [3.8, 4) is 10.4 Å². The number of fused-ring (bicyclic) bond motifs is 3. The predicted molar refractivity (Wildman–Crippen MR) is 117 cm³/mol. The molecule has 2 N–H and O–H groups in total. The molecule has 1 aromatic heterocycles. The van der Waals surface area contributed by atoms with Gasteiger partial charge in [-0.15, -0.1) is 11.3 Å². The van der Waals surface area contributed by atoms with Gasteiger partial charge in [-0.1, -0.05) is 12.1 Å². The van der Waals surface area contributed by atoms with E-state index in [4.69, 9.17) is 14.6 Å². The first-order valence-electron chi connectivity index (χ1n) is 10.4. The smallest absolute Gasteiger partial charge is 0.412 e. The van der Waals surface area contributed by atoms with Crippen molar-refractivity contribution in [1.82, 2.24) is 9.88 Å². The first kappa shape index (κ1) is 22.9. The number of carbonyl (C=O) groups is 3. The molecule has 5 rings (SSSR count). The number of aliphatic carboxylic acids is 1. The SMILES string of the molecule is O=C(O)/C=C/C(=O)OC1CN2CCC1C(COC(=O)Nc1ncsc1-c1ccc(F)cc1)C2. The number of aromatic nitrogens is 1. The molecule has 0 saturated carbocycles. The second-order valence-corrected chi connectivity index (χ2v) is 8.73. The molecule has 9 nitrogen and oxygen atoms in total. The third-order valence-corrected chi connectivity index (χ3v) is 6.62. The summed E-state index contributed by atoms with van der Waals surface area (Å²) in [5, 5.41) is 11.3. The maximum Gasteiger partial charge on any atom is 0.412 e. The number of hydrogen-bond donors (Lipinski definition) is 2. The van der Waals surface area contributed by atoms with Gasteiger partial charge in [0.2, 0.25) is 0 Å². The molecule has 0 radical (unpaired) electrons. The zero-order chi connectivity index (χ0) is 23.4. The minimum Gasteiger partial charge on any atom is -0.478 e.